The summed E-state index contributed by atoms with van der Waals surface area (Å²) in [4.78, 5) is 28.0. The van der Waals surface area contributed by atoms with E-state index in [1.807, 2.05) is 91.0 Å². The van der Waals surface area contributed by atoms with Gasteiger partial charge in [-0.25, -0.2) is 9.69 Å². The molecule has 1 aliphatic rings. The highest BCUT2D eigenvalue weighted by Gasteiger charge is 2.43. The molecule has 1 aromatic heterocycles. The van der Waals surface area contributed by atoms with Gasteiger partial charge in [0.1, 0.15) is 18.5 Å². The van der Waals surface area contributed by atoms with Crippen LogP contribution in [0.3, 0.4) is 0 Å². The largest absolute Gasteiger partial charge is 0.444 e. The lowest BCUT2D eigenvalue weighted by Crippen LogP contribution is -2.42. The minimum atomic E-state index is -0.643. The van der Waals surface area contributed by atoms with Crippen molar-refractivity contribution in [3.05, 3.63) is 102 Å². The van der Waals surface area contributed by atoms with Crippen LogP contribution >= 0.6 is 0 Å². The highest BCUT2D eigenvalue weighted by molar-refractivity contribution is 6.11. The van der Waals surface area contributed by atoms with Crippen LogP contribution in [0.1, 0.15) is 15.9 Å². The van der Waals surface area contributed by atoms with Gasteiger partial charge in [-0.15, -0.1) is 0 Å². The topological polar surface area (TPSA) is 51.5 Å². The normalized spacial score (nSPS) is 15.4. The summed E-state index contributed by atoms with van der Waals surface area (Å²) in [6, 6.07) is 28.1. The second-order valence-electron chi connectivity index (χ2n) is 7.35. The number of ether oxygens (including phenoxy) is 1. The number of carbonyl (C=O) groups excluding carboxylic acids is 2. The second kappa shape index (κ2) is 7.52. The third-order valence-corrected chi connectivity index (χ3v) is 5.43. The summed E-state index contributed by atoms with van der Waals surface area (Å²) in [5.41, 5.74) is 2.69. The molecule has 30 heavy (non-hydrogen) atoms. The van der Waals surface area contributed by atoms with E-state index in [0.717, 1.165) is 22.0 Å². The lowest BCUT2D eigenvalue weighted by molar-refractivity contribution is 0.0896. The lowest BCUT2D eigenvalue weighted by atomic mass is 10.0. The molecule has 5 nitrogen and oxygen atoms in total. The van der Waals surface area contributed by atoms with Crippen molar-refractivity contribution in [3.63, 3.8) is 0 Å². The summed E-state index contributed by atoms with van der Waals surface area (Å²) < 4.78 is 7.23. The Kier molecular flexibility index (Phi) is 4.56. The van der Waals surface area contributed by atoms with E-state index < -0.39 is 12.1 Å². The van der Waals surface area contributed by atoms with E-state index in [4.69, 9.17) is 4.74 Å². The van der Waals surface area contributed by atoms with Crippen molar-refractivity contribution >= 4 is 28.7 Å². The molecule has 0 aliphatic carbocycles. The van der Waals surface area contributed by atoms with Gasteiger partial charge in [-0.05, 0) is 23.3 Å². The van der Waals surface area contributed by atoms with Gasteiger partial charge in [0, 0.05) is 11.8 Å². The lowest BCUT2D eigenvalue weighted by Gasteiger charge is -2.22. The van der Waals surface area contributed by atoms with E-state index in [9.17, 15) is 9.59 Å². The maximum atomic E-state index is 13.4. The highest BCUT2D eigenvalue weighted by Crippen LogP contribution is 2.35. The molecule has 0 radical (unpaired) electrons. The first-order valence-electron chi connectivity index (χ1n) is 9.91. The van der Waals surface area contributed by atoms with Gasteiger partial charge in [-0.1, -0.05) is 78.9 Å². The van der Waals surface area contributed by atoms with Crippen LogP contribution in [0.4, 0.5) is 10.6 Å². The summed E-state index contributed by atoms with van der Waals surface area (Å²) in [7, 11) is 0. The monoisotopic (exact) mass is 396 g/mol. The predicted molar refractivity (Wildman–Crippen MR) is 116 cm³/mol. The van der Waals surface area contributed by atoms with Crippen LogP contribution in [0.2, 0.25) is 0 Å². The first kappa shape index (κ1) is 18.2. The third-order valence-electron chi connectivity index (χ3n) is 5.43. The van der Waals surface area contributed by atoms with E-state index in [1.165, 1.54) is 4.90 Å². The van der Waals surface area contributed by atoms with Crippen LogP contribution in [-0.2, 0) is 17.8 Å². The number of hydrogen-bond acceptors (Lipinski definition) is 3. The molecule has 3 aromatic carbocycles. The predicted octanol–water partition coefficient (Wildman–Crippen LogP) is 5.05. The van der Waals surface area contributed by atoms with Crippen molar-refractivity contribution in [1.29, 1.82) is 0 Å². The van der Waals surface area contributed by atoms with Crippen molar-refractivity contribution in [2.75, 3.05) is 4.90 Å². The fourth-order valence-corrected chi connectivity index (χ4v) is 3.99. The second-order valence-corrected chi connectivity index (χ2v) is 7.35. The molecular formula is C25H20N2O3. The molecule has 2 heterocycles. The summed E-state index contributed by atoms with van der Waals surface area (Å²) in [5.74, 6) is 0.437. The Labute approximate surface area is 174 Å². The van der Waals surface area contributed by atoms with Gasteiger partial charge in [0.05, 0.1) is 5.52 Å². The number of nitrogens with zero attached hydrogens (tertiary/aromatic N) is 2. The molecule has 0 saturated heterocycles. The van der Waals surface area contributed by atoms with Crippen molar-refractivity contribution in [1.82, 2.24) is 4.57 Å². The average Bonchev–Trinajstić information content (AvgIpc) is 3.28. The summed E-state index contributed by atoms with van der Waals surface area (Å²) >= 11 is 0. The number of carbonyl (C=O) groups is 2. The molecule has 0 unspecified atom stereocenters. The molecule has 0 N–H and O–H groups in total. The van der Waals surface area contributed by atoms with Gasteiger partial charge >= 0.3 is 6.09 Å². The summed E-state index contributed by atoms with van der Waals surface area (Å²) in [6.07, 6.45) is -0.0921. The van der Waals surface area contributed by atoms with Crippen LogP contribution in [0.25, 0.3) is 10.9 Å². The van der Waals surface area contributed by atoms with Crippen LogP contribution in [0, 0.1) is 0 Å². The quantitative estimate of drug-likeness (QED) is 0.485. The zero-order chi connectivity index (χ0) is 20.5. The molecule has 1 aliphatic heterocycles. The Balaban J connectivity index is 1.50. The number of aromatic nitrogens is 1. The van der Waals surface area contributed by atoms with Gasteiger partial charge in [0.15, 0.2) is 0 Å². The Morgan fingerprint density at radius 1 is 0.833 bits per heavy atom. The summed E-state index contributed by atoms with van der Waals surface area (Å²) in [6.45, 7) is 0.155. The zero-order valence-electron chi connectivity index (χ0n) is 16.3. The maximum Gasteiger partial charge on any atom is 0.416 e. The fraction of sp³-hybridized carbons (Fsp3) is 0.120. The number of para-hydroxylation sites is 1. The van der Waals surface area contributed by atoms with Crippen LogP contribution < -0.4 is 4.90 Å². The number of amides is 1. The van der Waals surface area contributed by atoms with E-state index in [-0.39, 0.29) is 12.5 Å². The van der Waals surface area contributed by atoms with E-state index >= 15 is 0 Å². The summed E-state index contributed by atoms with van der Waals surface area (Å²) in [5, 5.41) is 0.917. The Bertz CT molecular complexity index is 1220. The van der Waals surface area contributed by atoms with Crippen molar-refractivity contribution in [2.45, 2.75) is 19.1 Å². The van der Waals surface area contributed by atoms with Crippen LogP contribution in [0.5, 0.6) is 0 Å². The minimum Gasteiger partial charge on any atom is -0.444 e. The number of rotatable bonds is 4. The molecule has 0 saturated carbocycles. The van der Waals surface area contributed by atoms with E-state index in [0.29, 0.717) is 12.2 Å². The molecule has 0 bridgehead atoms. The first-order valence-corrected chi connectivity index (χ1v) is 9.91. The van der Waals surface area contributed by atoms with Crippen molar-refractivity contribution in [3.8, 4) is 0 Å². The van der Waals surface area contributed by atoms with E-state index in [1.54, 1.807) is 4.57 Å². The Morgan fingerprint density at radius 3 is 2.20 bits per heavy atom. The van der Waals surface area contributed by atoms with Gasteiger partial charge in [-0.2, -0.15) is 0 Å². The van der Waals surface area contributed by atoms with Gasteiger partial charge < -0.3 is 4.74 Å². The van der Waals surface area contributed by atoms with Crippen molar-refractivity contribution in [2.24, 2.45) is 0 Å². The Hall–Kier alpha value is -3.86. The standard InChI is InChI=1S/C25H20N2O3/c28-24-22(15-18-9-3-1-4-10-18)27(25(29)30-17-19-11-5-2-6-12-19)23-16-20-13-7-8-14-21(20)26(23)24/h1-14,16,22H,15,17H2/t22-/m0/s1. The van der Waals surface area contributed by atoms with Crippen LogP contribution in [-0.4, -0.2) is 22.6 Å². The molecule has 4 aromatic rings. The molecule has 1 atom stereocenters. The number of hydrogen-bond donors (Lipinski definition) is 0. The highest BCUT2D eigenvalue weighted by atomic mass is 16.6. The SMILES string of the molecule is O=C(OCc1ccccc1)N1c2cc3ccccc3n2C(=O)[C@@H]1Cc1ccccc1. The first-order chi connectivity index (χ1) is 14.7. The number of fused-ring (bicyclic) bond motifs is 3. The molecule has 0 fully saturated rings. The molecule has 5 heteroatoms. The van der Waals surface area contributed by atoms with Crippen molar-refractivity contribution < 1.29 is 14.3 Å². The fourth-order valence-electron chi connectivity index (χ4n) is 3.99. The third kappa shape index (κ3) is 3.14. The molecular weight excluding hydrogens is 376 g/mol. The van der Waals surface area contributed by atoms with Gasteiger partial charge in [-0.3, -0.25) is 9.36 Å². The maximum absolute atomic E-state index is 13.4. The smallest absolute Gasteiger partial charge is 0.416 e. The van der Waals surface area contributed by atoms with E-state index in [2.05, 4.69) is 0 Å². The average molecular weight is 396 g/mol. The minimum absolute atomic E-state index is 0.119. The molecule has 5 rings (SSSR count). The molecule has 0 spiro atoms. The Morgan fingerprint density at radius 2 is 1.47 bits per heavy atom. The van der Waals surface area contributed by atoms with Gasteiger partial charge in [0.2, 0.25) is 0 Å². The molecule has 1 amide bonds. The number of anilines is 1. The zero-order valence-corrected chi connectivity index (χ0v) is 16.3. The molecule has 148 valence electrons. The van der Waals surface area contributed by atoms with Crippen LogP contribution in [0.15, 0.2) is 91.0 Å². The number of benzene rings is 3. The van der Waals surface area contributed by atoms with Gasteiger partial charge in [0.25, 0.3) is 5.91 Å².